The normalized spacial score (nSPS) is 21.9. The van der Waals surface area contributed by atoms with Crippen molar-refractivity contribution in [2.24, 2.45) is 10.7 Å². The van der Waals surface area contributed by atoms with Crippen molar-refractivity contribution in [3.8, 4) is 0 Å². The Balaban J connectivity index is 1.71. The Morgan fingerprint density at radius 1 is 1.52 bits per heavy atom. The lowest BCUT2D eigenvalue weighted by Crippen LogP contribution is -2.36. The summed E-state index contributed by atoms with van der Waals surface area (Å²) >= 11 is 1.78. The molecule has 0 spiro atoms. The predicted molar refractivity (Wildman–Crippen MR) is 85.7 cm³/mol. The van der Waals surface area contributed by atoms with Gasteiger partial charge in [0.05, 0.1) is 13.2 Å². The molecule has 0 saturated carbocycles. The predicted octanol–water partition coefficient (Wildman–Crippen LogP) is 2.36. The van der Waals surface area contributed by atoms with Gasteiger partial charge in [0, 0.05) is 17.5 Å². The van der Waals surface area contributed by atoms with Gasteiger partial charge in [0.1, 0.15) is 11.4 Å². The van der Waals surface area contributed by atoms with E-state index in [9.17, 15) is 0 Å². The standard InChI is InChI=1S/C15H18N4OS/c1-15(11-6-9-21-12(11)5-8-20-15)10-18-14(16)19-13-4-2-3-7-17-13/h2-4,6-7,9H,5,8,10H2,1H3,(H3,16,17,18,19). The van der Waals surface area contributed by atoms with Gasteiger partial charge < -0.3 is 15.8 Å². The number of fused-ring (bicyclic) bond motifs is 1. The highest BCUT2D eigenvalue weighted by Gasteiger charge is 2.33. The largest absolute Gasteiger partial charge is 0.370 e. The van der Waals surface area contributed by atoms with Crippen LogP contribution in [0.4, 0.5) is 5.82 Å². The van der Waals surface area contributed by atoms with E-state index in [0.29, 0.717) is 18.3 Å². The number of pyridine rings is 1. The third kappa shape index (κ3) is 3.06. The molecule has 1 unspecified atom stereocenters. The fourth-order valence-corrected chi connectivity index (χ4v) is 3.41. The van der Waals surface area contributed by atoms with E-state index in [2.05, 4.69) is 33.7 Å². The number of anilines is 1. The molecule has 0 amide bonds. The summed E-state index contributed by atoms with van der Waals surface area (Å²) in [5.74, 6) is 1.03. The first-order valence-electron chi connectivity index (χ1n) is 6.86. The number of aromatic nitrogens is 1. The monoisotopic (exact) mass is 302 g/mol. The van der Waals surface area contributed by atoms with E-state index in [0.717, 1.165) is 13.0 Å². The molecular weight excluding hydrogens is 284 g/mol. The van der Waals surface area contributed by atoms with Gasteiger partial charge in [0.2, 0.25) is 0 Å². The van der Waals surface area contributed by atoms with Crippen LogP contribution in [-0.2, 0) is 16.8 Å². The van der Waals surface area contributed by atoms with E-state index in [-0.39, 0.29) is 0 Å². The number of hydrogen-bond acceptors (Lipinski definition) is 4. The molecule has 1 atom stereocenters. The minimum Gasteiger partial charge on any atom is -0.370 e. The van der Waals surface area contributed by atoms with Crippen molar-refractivity contribution in [2.75, 3.05) is 18.5 Å². The van der Waals surface area contributed by atoms with Crippen LogP contribution in [0.5, 0.6) is 0 Å². The fraction of sp³-hybridized carbons (Fsp3) is 0.333. The van der Waals surface area contributed by atoms with Gasteiger partial charge in [-0.25, -0.2) is 9.98 Å². The molecule has 2 aromatic rings. The van der Waals surface area contributed by atoms with E-state index in [1.807, 2.05) is 18.2 Å². The molecule has 5 nitrogen and oxygen atoms in total. The van der Waals surface area contributed by atoms with Gasteiger partial charge in [-0.1, -0.05) is 6.07 Å². The third-order valence-electron chi connectivity index (χ3n) is 3.54. The minimum atomic E-state index is -0.399. The second-order valence-electron chi connectivity index (χ2n) is 5.13. The molecule has 1 aliphatic heterocycles. The topological polar surface area (TPSA) is 72.5 Å². The number of guanidine groups is 1. The van der Waals surface area contributed by atoms with Crippen LogP contribution in [0.3, 0.4) is 0 Å². The second-order valence-corrected chi connectivity index (χ2v) is 6.13. The number of nitrogens with two attached hydrogens (primary N) is 1. The van der Waals surface area contributed by atoms with Crippen LogP contribution in [0.2, 0.25) is 0 Å². The van der Waals surface area contributed by atoms with Gasteiger partial charge in [-0.15, -0.1) is 11.3 Å². The number of thiophene rings is 1. The lowest BCUT2D eigenvalue weighted by molar-refractivity contribution is -0.0374. The maximum Gasteiger partial charge on any atom is 0.194 e. The molecule has 0 bridgehead atoms. The van der Waals surface area contributed by atoms with Crippen LogP contribution in [-0.4, -0.2) is 24.1 Å². The van der Waals surface area contributed by atoms with Gasteiger partial charge >= 0.3 is 0 Å². The fourth-order valence-electron chi connectivity index (χ4n) is 2.43. The molecule has 3 rings (SSSR count). The molecule has 0 saturated heterocycles. The lowest BCUT2D eigenvalue weighted by atomic mass is 9.93. The number of nitrogens with zero attached hydrogens (tertiary/aromatic N) is 2. The molecule has 1 aliphatic rings. The Hall–Kier alpha value is -1.92. The summed E-state index contributed by atoms with van der Waals surface area (Å²) in [7, 11) is 0. The first kappa shape index (κ1) is 14.0. The molecule has 0 radical (unpaired) electrons. The van der Waals surface area contributed by atoms with Gasteiger partial charge in [0.25, 0.3) is 0 Å². The van der Waals surface area contributed by atoms with Crippen molar-refractivity contribution >= 4 is 23.1 Å². The van der Waals surface area contributed by atoms with Crippen molar-refractivity contribution in [1.82, 2.24) is 4.98 Å². The molecule has 0 aliphatic carbocycles. The Kier molecular flexibility index (Phi) is 3.90. The van der Waals surface area contributed by atoms with Crippen LogP contribution < -0.4 is 11.1 Å². The van der Waals surface area contributed by atoms with Crippen molar-refractivity contribution in [2.45, 2.75) is 18.9 Å². The number of hydrogen-bond donors (Lipinski definition) is 2. The average molecular weight is 302 g/mol. The van der Waals surface area contributed by atoms with Crippen molar-refractivity contribution in [1.29, 1.82) is 0 Å². The zero-order chi connectivity index (χ0) is 14.7. The summed E-state index contributed by atoms with van der Waals surface area (Å²) in [5, 5.41) is 5.09. The van der Waals surface area contributed by atoms with Gasteiger partial charge in [0.15, 0.2) is 5.96 Å². The SMILES string of the molecule is CC1(CN=C(N)Nc2ccccn2)OCCc2sccc21. The third-order valence-corrected chi connectivity index (χ3v) is 4.52. The molecule has 3 heterocycles. The van der Waals surface area contributed by atoms with Gasteiger partial charge in [-0.3, -0.25) is 0 Å². The minimum absolute atomic E-state index is 0.348. The average Bonchev–Trinajstić information content (AvgIpc) is 2.97. The van der Waals surface area contributed by atoms with Crippen LogP contribution >= 0.6 is 11.3 Å². The Bertz CT molecular complexity index is 640. The van der Waals surface area contributed by atoms with E-state index in [1.54, 1.807) is 17.5 Å². The maximum absolute atomic E-state index is 5.95. The molecule has 3 N–H and O–H groups in total. The molecular formula is C15H18N4OS. The highest BCUT2D eigenvalue weighted by atomic mass is 32.1. The van der Waals surface area contributed by atoms with E-state index in [1.165, 1.54) is 10.4 Å². The molecule has 2 aromatic heterocycles. The molecule has 0 fully saturated rings. The van der Waals surface area contributed by atoms with E-state index < -0.39 is 5.60 Å². The number of ether oxygens (including phenoxy) is 1. The second kappa shape index (κ2) is 5.83. The zero-order valence-corrected chi connectivity index (χ0v) is 12.7. The summed E-state index contributed by atoms with van der Waals surface area (Å²) in [6.45, 7) is 3.28. The van der Waals surface area contributed by atoms with Crippen molar-refractivity contribution in [3.05, 3.63) is 46.3 Å². The summed E-state index contributed by atoms with van der Waals surface area (Å²) < 4.78 is 5.95. The summed E-state index contributed by atoms with van der Waals surface area (Å²) in [6, 6.07) is 7.72. The molecule has 6 heteroatoms. The van der Waals surface area contributed by atoms with Crippen LogP contribution in [0.15, 0.2) is 40.8 Å². The Morgan fingerprint density at radius 3 is 3.24 bits per heavy atom. The number of nitrogens with one attached hydrogen (secondary N) is 1. The quantitative estimate of drug-likeness (QED) is 0.674. The first-order chi connectivity index (χ1) is 10.2. The number of rotatable bonds is 3. The van der Waals surface area contributed by atoms with Gasteiger partial charge in [-0.2, -0.15) is 0 Å². The number of aliphatic imine (C=N–C) groups is 1. The van der Waals surface area contributed by atoms with Gasteiger partial charge in [-0.05, 0) is 36.1 Å². The van der Waals surface area contributed by atoms with E-state index >= 15 is 0 Å². The highest BCUT2D eigenvalue weighted by Crippen LogP contribution is 2.36. The zero-order valence-electron chi connectivity index (χ0n) is 11.9. The van der Waals surface area contributed by atoms with Crippen molar-refractivity contribution < 1.29 is 4.74 Å². The van der Waals surface area contributed by atoms with Crippen molar-refractivity contribution in [3.63, 3.8) is 0 Å². The highest BCUT2D eigenvalue weighted by molar-refractivity contribution is 7.10. The molecule has 21 heavy (non-hydrogen) atoms. The Morgan fingerprint density at radius 2 is 2.43 bits per heavy atom. The van der Waals surface area contributed by atoms with Crippen LogP contribution in [0.25, 0.3) is 0 Å². The van der Waals surface area contributed by atoms with Crippen LogP contribution in [0.1, 0.15) is 17.4 Å². The first-order valence-corrected chi connectivity index (χ1v) is 7.74. The van der Waals surface area contributed by atoms with Crippen LogP contribution in [0, 0.1) is 0 Å². The smallest absolute Gasteiger partial charge is 0.194 e. The van der Waals surface area contributed by atoms with E-state index in [4.69, 9.17) is 10.5 Å². The maximum atomic E-state index is 5.95. The summed E-state index contributed by atoms with van der Waals surface area (Å²) in [4.78, 5) is 9.96. The Labute approximate surface area is 127 Å². The summed E-state index contributed by atoms with van der Waals surface area (Å²) in [6.07, 6.45) is 2.69. The molecule has 0 aromatic carbocycles. The molecule has 110 valence electrons. The lowest BCUT2D eigenvalue weighted by Gasteiger charge is -2.33. The summed E-state index contributed by atoms with van der Waals surface area (Å²) in [5.41, 5.74) is 6.75.